The molecular weight excluding hydrogens is 394 g/mol. The molecule has 1 unspecified atom stereocenters. The summed E-state index contributed by atoms with van der Waals surface area (Å²) in [5.74, 6) is 1.58. The number of benzene rings is 1. The summed E-state index contributed by atoms with van der Waals surface area (Å²) in [6.07, 6.45) is 2.10. The number of rotatable bonds is 4. The van der Waals surface area contributed by atoms with Crippen molar-refractivity contribution in [2.24, 2.45) is 0 Å². The van der Waals surface area contributed by atoms with Crippen LogP contribution in [0.2, 0.25) is 0 Å². The Kier molecular flexibility index (Phi) is 5.35. The lowest BCUT2D eigenvalue weighted by Gasteiger charge is -2.36. The van der Waals surface area contributed by atoms with Gasteiger partial charge in [-0.3, -0.25) is 5.32 Å². The fraction of sp³-hybridized carbons (Fsp3) is 0.474. The largest absolute Gasteiger partial charge is 0.495 e. The van der Waals surface area contributed by atoms with E-state index in [1.807, 2.05) is 24.3 Å². The van der Waals surface area contributed by atoms with Gasteiger partial charge in [-0.25, -0.2) is 17.9 Å². The van der Waals surface area contributed by atoms with Gasteiger partial charge in [0.25, 0.3) is 0 Å². The van der Waals surface area contributed by atoms with Crippen LogP contribution in [0.25, 0.3) is 0 Å². The van der Waals surface area contributed by atoms with E-state index >= 15 is 0 Å². The molecule has 0 bridgehead atoms. The molecule has 2 aliphatic rings. The maximum atomic E-state index is 12.7. The number of methoxy groups -OCH3 is 1. The molecule has 2 amide bonds. The molecule has 2 saturated heterocycles. The minimum Gasteiger partial charge on any atom is -0.495 e. The Morgan fingerprint density at radius 1 is 1.17 bits per heavy atom. The Balaban J connectivity index is 1.37. The molecule has 1 atom stereocenters. The Labute approximate surface area is 170 Å². The molecule has 3 heterocycles. The van der Waals surface area contributed by atoms with E-state index in [1.165, 1.54) is 0 Å². The number of hydrogen-bond donors (Lipinski definition) is 1. The first-order valence-corrected chi connectivity index (χ1v) is 11.5. The maximum Gasteiger partial charge on any atom is 0.323 e. The summed E-state index contributed by atoms with van der Waals surface area (Å²) in [5, 5.41) is 7.12. The number of amides is 2. The predicted octanol–water partition coefficient (Wildman–Crippen LogP) is 1.61. The highest BCUT2D eigenvalue weighted by Crippen LogP contribution is 2.29. The van der Waals surface area contributed by atoms with E-state index in [4.69, 9.17) is 4.74 Å². The van der Waals surface area contributed by atoms with Crippen molar-refractivity contribution in [2.45, 2.75) is 12.5 Å². The van der Waals surface area contributed by atoms with Gasteiger partial charge in [0.15, 0.2) is 9.84 Å². The van der Waals surface area contributed by atoms with Crippen molar-refractivity contribution in [3.8, 4) is 5.75 Å². The molecule has 156 valence electrons. The number of para-hydroxylation sites is 2. The van der Waals surface area contributed by atoms with Crippen LogP contribution in [0.3, 0.4) is 0 Å². The van der Waals surface area contributed by atoms with Crippen molar-refractivity contribution in [2.75, 3.05) is 55.0 Å². The summed E-state index contributed by atoms with van der Waals surface area (Å²) in [6.45, 7) is 2.56. The second kappa shape index (κ2) is 7.94. The third-order valence-electron chi connectivity index (χ3n) is 5.45. The molecule has 1 aromatic heterocycles. The zero-order chi connectivity index (χ0) is 20.4. The Morgan fingerprint density at radius 2 is 1.93 bits per heavy atom. The smallest absolute Gasteiger partial charge is 0.323 e. The number of nitrogens with one attached hydrogen (secondary N) is 1. The average Bonchev–Trinajstić information content (AvgIpc) is 3.33. The van der Waals surface area contributed by atoms with Gasteiger partial charge in [0.05, 0.1) is 36.5 Å². The lowest BCUT2D eigenvalue weighted by molar-refractivity contribution is 0.207. The minimum absolute atomic E-state index is 0.0646. The van der Waals surface area contributed by atoms with Crippen LogP contribution in [0.5, 0.6) is 5.75 Å². The van der Waals surface area contributed by atoms with Crippen LogP contribution in [-0.2, 0) is 9.84 Å². The molecule has 10 heteroatoms. The van der Waals surface area contributed by atoms with Crippen LogP contribution in [0.15, 0.2) is 36.5 Å². The van der Waals surface area contributed by atoms with E-state index in [9.17, 15) is 13.2 Å². The lowest BCUT2D eigenvalue weighted by atomic mass is 10.2. The van der Waals surface area contributed by atoms with E-state index in [0.29, 0.717) is 38.4 Å². The minimum atomic E-state index is -3.03. The zero-order valence-corrected chi connectivity index (χ0v) is 17.1. The first-order valence-electron chi connectivity index (χ1n) is 9.65. The molecular formula is C19H25N5O4S. The first kappa shape index (κ1) is 19.6. The van der Waals surface area contributed by atoms with Crippen LogP contribution in [0.1, 0.15) is 12.5 Å². The SMILES string of the molecule is COc1ccccc1N1CCN(C(=O)Nc2ccnn2C2CCS(=O)(=O)C2)CC1. The fourth-order valence-electron chi connectivity index (χ4n) is 3.90. The number of urea groups is 1. The van der Waals surface area contributed by atoms with Gasteiger partial charge in [-0.2, -0.15) is 5.10 Å². The van der Waals surface area contributed by atoms with E-state index in [0.717, 1.165) is 11.4 Å². The van der Waals surface area contributed by atoms with Crippen LogP contribution in [0.4, 0.5) is 16.3 Å². The van der Waals surface area contributed by atoms with Gasteiger partial charge in [0.2, 0.25) is 0 Å². The van der Waals surface area contributed by atoms with Crippen LogP contribution in [0, 0.1) is 0 Å². The van der Waals surface area contributed by atoms with E-state index in [-0.39, 0.29) is 23.6 Å². The van der Waals surface area contributed by atoms with Crippen LogP contribution in [-0.4, -0.2) is 73.9 Å². The van der Waals surface area contributed by atoms with Crippen molar-refractivity contribution in [1.82, 2.24) is 14.7 Å². The summed E-state index contributed by atoms with van der Waals surface area (Å²) < 4.78 is 30.6. The second-order valence-electron chi connectivity index (χ2n) is 7.29. The Hall–Kier alpha value is -2.75. The standard InChI is InChI=1S/C19H25N5O4S/c1-28-17-5-3-2-4-16(17)22-9-11-23(12-10-22)19(25)21-18-6-8-20-24(18)15-7-13-29(26,27)14-15/h2-6,8,15H,7,9-14H2,1H3,(H,21,25). The summed E-state index contributed by atoms with van der Waals surface area (Å²) >= 11 is 0. The number of carbonyl (C=O) groups excluding carboxylic acids is 1. The van der Waals surface area contributed by atoms with Crippen molar-refractivity contribution in [1.29, 1.82) is 0 Å². The molecule has 4 rings (SSSR count). The molecule has 1 N–H and O–H groups in total. The van der Waals surface area contributed by atoms with Gasteiger partial charge in [-0.05, 0) is 18.6 Å². The molecule has 29 heavy (non-hydrogen) atoms. The molecule has 0 spiro atoms. The number of ether oxygens (including phenoxy) is 1. The third kappa shape index (κ3) is 4.16. The molecule has 0 saturated carbocycles. The Bertz CT molecular complexity index is 982. The van der Waals surface area contributed by atoms with Crippen molar-refractivity contribution in [3.63, 3.8) is 0 Å². The topological polar surface area (TPSA) is 96.8 Å². The molecule has 2 fully saturated rings. The van der Waals surface area contributed by atoms with Gasteiger partial charge in [-0.1, -0.05) is 12.1 Å². The van der Waals surface area contributed by atoms with E-state index in [1.54, 1.807) is 29.0 Å². The average molecular weight is 420 g/mol. The van der Waals surface area contributed by atoms with Crippen molar-refractivity contribution < 1.29 is 17.9 Å². The predicted molar refractivity (Wildman–Crippen MR) is 110 cm³/mol. The quantitative estimate of drug-likeness (QED) is 0.809. The number of hydrogen-bond acceptors (Lipinski definition) is 6. The van der Waals surface area contributed by atoms with E-state index < -0.39 is 9.84 Å². The highest BCUT2D eigenvalue weighted by atomic mass is 32.2. The number of anilines is 2. The van der Waals surface area contributed by atoms with E-state index in [2.05, 4.69) is 15.3 Å². The van der Waals surface area contributed by atoms with Crippen LogP contribution >= 0.6 is 0 Å². The first-order chi connectivity index (χ1) is 14.0. The normalized spacial score (nSPS) is 21.2. The molecule has 0 radical (unpaired) electrons. The van der Waals surface area contributed by atoms with Crippen molar-refractivity contribution >= 4 is 27.4 Å². The lowest BCUT2D eigenvalue weighted by Crippen LogP contribution is -2.50. The third-order valence-corrected chi connectivity index (χ3v) is 7.20. The fourth-order valence-corrected chi connectivity index (χ4v) is 5.59. The van der Waals surface area contributed by atoms with Gasteiger partial charge >= 0.3 is 6.03 Å². The van der Waals surface area contributed by atoms with Crippen molar-refractivity contribution in [3.05, 3.63) is 36.5 Å². The van der Waals surface area contributed by atoms with Gasteiger partial charge in [0.1, 0.15) is 11.6 Å². The number of sulfone groups is 1. The maximum absolute atomic E-state index is 12.7. The van der Waals surface area contributed by atoms with Gasteiger partial charge < -0.3 is 14.5 Å². The van der Waals surface area contributed by atoms with Crippen LogP contribution < -0.4 is 15.0 Å². The monoisotopic (exact) mass is 419 g/mol. The summed E-state index contributed by atoms with van der Waals surface area (Å²) in [6, 6.07) is 9.13. The number of carbonyl (C=O) groups is 1. The number of aromatic nitrogens is 2. The number of piperazine rings is 1. The zero-order valence-electron chi connectivity index (χ0n) is 16.3. The summed E-state index contributed by atoms with van der Waals surface area (Å²) in [5.41, 5.74) is 1.02. The highest BCUT2D eigenvalue weighted by molar-refractivity contribution is 7.91. The molecule has 2 aromatic rings. The summed E-state index contributed by atoms with van der Waals surface area (Å²) in [4.78, 5) is 16.7. The molecule has 2 aliphatic heterocycles. The van der Waals surface area contributed by atoms with Gasteiger partial charge in [0, 0.05) is 32.2 Å². The Morgan fingerprint density at radius 3 is 2.62 bits per heavy atom. The second-order valence-corrected chi connectivity index (χ2v) is 9.52. The van der Waals surface area contributed by atoms with Gasteiger partial charge in [-0.15, -0.1) is 0 Å². The summed E-state index contributed by atoms with van der Waals surface area (Å²) in [7, 11) is -1.37. The molecule has 0 aliphatic carbocycles. The molecule has 1 aromatic carbocycles. The highest BCUT2D eigenvalue weighted by Gasteiger charge is 2.31. The number of nitrogens with zero attached hydrogens (tertiary/aromatic N) is 4. The molecule has 9 nitrogen and oxygen atoms in total.